The topological polar surface area (TPSA) is 100 Å². The van der Waals surface area contributed by atoms with Crippen molar-refractivity contribution in [1.29, 1.82) is 0 Å². The number of aromatic nitrogens is 1. The van der Waals surface area contributed by atoms with Gasteiger partial charge in [0.15, 0.2) is 0 Å². The lowest BCUT2D eigenvalue weighted by molar-refractivity contribution is 0.251. The summed E-state index contributed by atoms with van der Waals surface area (Å²) in [6, 6.07) is 14.8. The van der Waals surface area contributed by atoms with E-state index in [1.54, 1.807) is 36.7 Å². The van der Waals surface area contributed by atoms with Crippen molar-refractivity contribution in [1.82, 2.24) is 10.3 Å². The minimum atomic E-state index is -3.74. The summed E-state index contributed by atoms with van der Waals surface area (Å²) in [7, 11) is -3.74. The van der Waals surface area contributed by atoms with E-state index in [2.05, 4.69) is 34.2 Å². The van der Waals surface area contributed by atoms with Crippen molar-refractivity contribution in [3.05, 3.63) is 83.7 Å². The number of pyridine rings is 1. The lowest BCUT2D eigenvalue weighted by Crippen LogP contribution is -2.28. The molecular weight excluding hydrogens is 412 g/mol. The lowest BCUT2D eigenvalue weighted by Gasteiger charge is -2.13. The van der Waals surface area contributed by atoms with Crippen LogP contribution in [0.5, 0.6) is 0 Å². The number of urea groups is 1. The number of carbonyl (C=O) groups excluding carboxylic acids is 1. The number of aryl methyl sites for hydroxylation is 1. The van der Waals surface area contributed by atoms with E-state index in [1.165, 1.54) is 17.7 Å². The Morgan fingerprint density at radius 3 is 2.35 bits per heavy atom. The van der Waals surface area contributed by atoms with Crippen LogP contribution in [0.3, 0.4) is 0 Å². The largest absolute Gasteiger partial charge is 0.334 e. The molecule has 0 saturated carbocycles. The molecule has 0 radical (unpaired) electrons. The molecule has 0 fully saturated rings. The molecule has 0 saturated heterocycles. The van der Waals surface area contributed by atoms with E-state index in [4.69, 9.17) is 0 Å². The second-order valence-electron chi connectivity index (χ2n) is 7.52. The van der Waals surface area contributed by atoms with Crippen molar-refractivity contribution < 1.29 is 13.2 Å². The van der Waals surface area contributed by atoms with Crippen LogP contribution in [-0.2, 0) is 16.6 Å². The van der Waals surface area contributed by atoms with Crippen molar-refractivity contribution in [3.63, 3.8) is 0 Å². The average molecular weight is 439 g/mol. The van der Waals surface area contributed by atoms with Crippen molar-refractivity contribution in [2.75, 3.05) is 10.0 Å². The molecular formula is C23H26N4O3S. The van der Waals surface area contributed by atoms with Crippen LogP contribution in [0.2, 0.25) is 0 Å². The molecule has 0 atom stereocenters. The Kier molecular flexibility index (Phi) is 6.91. The van der Waals surface area contributed by atoms with Gasteiger partial charge in [0.2, 0.25) is 0 Å². The molecule has 8 heteroatoms. The van der Waals surface area contributed by atoms with Crippen LogP contribution in [0, 0.1) is 6.92 Å². The van der Waals surface area contributed by atoms with E-state index in [0.717, 1.165) is 11.1 Å². The van der Waals surface area contributed by atoms with Crippen LogP contribution in [0.1, 0.15) is 36.5 Å². The molecule has 2 aromatic carbocycles. The van der Waals surface area contributed by atoms with Gasteiger partial charge in [-0.3, -0.25) is 9.71 Å². The molecule has 3 N–H and O–H groups in total. The molecule has 31 heavy (non-hydrogen) atoms. The van der Waals surface area contributed by atoms with E-state index >= 15 is 0 Å². The zero-order chi connectivity index (χ0) is 22.4. The van der Waals surface area contributed by atoms with Gasteiger partial charge < -0.3 is 10.6 Å². The molecule has 0 unspecified atom stereocenters. The first-order valence-electron chi connectivity index (χ1n) is 9.92. The molecule has 1 aromatic heterocycles. The normalized spacial score (nSPS) is 11.2. The Labute approximate surface area is 183 Å². The van der Waals surface area contributed by atoms with E-state index in [0.29, 0.717) is 23.8 Å². The molecule has 0 bridgehead atoms. The van der Waals surface area contributed by atoms with Gasteiger partial charge in [-0.2, -0.15) is 0 Å². The number of hydrogen-bond acceptors (Lipinski definition) is 4. The first-order valence-corrected chi connectivity index (χ1v) is 11.4. The standard InChI is InChI=1S/C23H26N4O3S/c1-16(2)22-11-8-20(13-17(22)3)27-31(29,30)21-9-6-19(7-10-21)26-23(28)25-15-18-5-4-12-24-14-18/h4-14,16,27H,15H2,1-3H3,(H2,25,26,28). The van der Waals surface area contributed by atoms with Crippen molar-refractivity contribution in [2.45, 2.75) is 38.1 Å². The van der Waals surface area contributed by atoms with E-state index < -0.39 is 16.1 Å². The average Bonchev–Trinajstić information content (AvgIpc) is 2.73. The molecule has 0 aliphatic heterocycles. The van der Waals surface area contributed by atoms with E-state index in [9.17, 15) is 13.2 Å². The summed E-state index contributed by atoms with van der Waals surface area (Å²) < 4.78 is 28.0. The van der Waals surface area contributed by atoms with Gasteiger partial charge >= 0.3 is 6.03 Å². The summed E-state index contributed by atoms with van der Waals surface area (Å²) >= 11 is 0. The maximum Gasteiger partial charge on any atom is 0.319 e. The first-order chi connectivity index (χ1) is 14.7. The third-order valence-electron chi connectivity index (χ3n) is 4.74. The van der Waals surface area contributed by atoms with Gasteiger partial charge in [0.25, 0.3) is 10.0 Å². The lowest BCUT2D eigenvalue weighted by atomic mass is 9.98. The molecule has 162 valence electrons. The summed E-state index contributed by atoms with van der Waals surface area (Å²) in [5, 5.41) is 5.40. The monoisotopic (exact) mass is 438 g/mol. The highest BCUT2D eigenvalue weighted by Gasteiger charge is 2.15. The van der Waals surface area contributed by atoms with Gasteiger partial charge in [0.05, 0.1) is 4.90 Å². The Balaban J connectivity index is 1.62. The fraction of sp³-hybridized carbons (Fsp3) is 0.217. The smallest absolute Gasteiger partial charge is 0.319 e. The van der Waals surface area contributed by atoms with Gasteiger partial charge in [-0.05, 0) is 72.0 Å². The van der Waals surface area contributed by atoms with Crippen molar-refractivity contribution in [3.8, 4) is 0 Å². The van der Waals surface area contributed by atoms with Gasteiger partial charge in [-0.25, -0.2) is 13.2 Å². The molecule has 7 nitrogen and oxygen atoms in total. The summed E-state index contributed by atoms with van der Waals surface area (Å²) in [6.45, 7) is 6.50. The number of nitrogens with zero attached hydrogens (tertiary/aromatic N) is 1. The van der Waals surface area contributed by atoms with E-state index in [-0.39, 0.29) is 4.90 Å². The number of benzene rings is 2. The van der Waals surface area contributed by atoms with Crippen molar-refractivity contribution >= 4 is 27.4 Å². The number of carbonyl (C=O) groups is 1. The van der Waals surface area contributed by atoms with Crippen LogP contribution in [0.4, 0.5) is 16.2 Å². The predicted molar refractivity (Wildman–Crippen MR) is 123 cm³/mol. The summed E-state index contributed by atoms with van der Waals surface area (Å²) in [5.41, 5.74) is 4.09. The SMILES string of the molecule is Cc1cc(NS(=O)(=O)c2ccc(NC(=O)NCc3cccnc3)cc2)ccc1C(C)C. The fourth-order valence-corrected chi connectivity index (χ4v) is 4.23. The Morgan fingerprint density at radius 1 is 1.03 bits per heavy atom. The molecule has 1 heterocycles. The number of nitrogens with one attached hydrogen (secondary N) is 3. The van der Waals surface area contributed by atoms with Gasteiger partial charge in [0.1, 0.15) is 0 Å². The zero-order valence-corrected chi connectivity index (χ0v) is 18.5. The third-order valence-corrected chi connectivity index (χ3v) is 6.14. The number of amides is 2. The minimum Gasteiger partial charge on any atom is -0.334 e. The Hall–Kier alpha value is -3.39. The summed E-state index contributed by atoms with van der Waals surface area (Å²) in [6.07, 6.45) is 3.33. The maximum atomic E-state index is 12.7. The predicted octanol–water partition coefficient (Wildman–Crippen LogP) is 4.64. The number of rotatable bonds is 7. The Morgan fingerprint density at radius 2 is 1.74 bits per heavy atom. The molecule has 2 amide bonds. The highest BCUT2D eigenvalue weighted by molar-refractivity contribution is 7.92. The van der Waals surface area contributed by atoms with Crippen LogP contribution in [0.15, 0.2) is 71.9 Å². The fourth-order valence-electron chi connectivity index (χ4n) is 3.18. The van der Waals surface area contributed by atoms with Crippen LogP contribution >= 0.6 is 0 Å². The molecule has 3 aromatic rings. The second-order valence-corrected chi connectivity index (χ2v) is 9.21. The van der Waals surface area contributed by atoms with Crippen LogP contribution in [-0.4, -0.2) is 19.4 Å². The molecule has 0 spiro atoms. The number of anilines is 2. The van der Waals surface area contributed by atoms with Gasteiger partial charge in [-0.15, -0.1) is 0 Å². The second kappa shape index (κ2) is 9.61. The first kappa shape index (κ1) is 22.3. The number of hydrogen-bond donors (Lipinski definition) is 3. The Bertz CT molecular complexity index is 1150. The van der Waals surface area contributed by atoms with Gasteiger partial charge in [-0.1, -0.05) is 26.0 Å². The molecule has 0 aliphatic carbocycles. The summed E-state index contributed by atoms with van der Waals surface area (Å²) in [4.78, 5) is 16.1. The highest BCUT2D eigenvalue weighted by atomic mass is 32.2. The third kappa shape index (κ3) is 6.05. The van der Waals surface area contributed by atoms with Crippen molar-refractivity contribution in [2.24, 2.45) is 0 Å². The minimum absolute atomic E-state index is 0.111. The maximum absolute atomic E-state index is 12.7. The highest BCUT2D eigenvalue weighted by Crippen LogP contribution is 2.24. The van der Waals surface area contributed by atoms with Crippen LogP contribution < -0.4 is 15.4 Å². The van der Waals surface area contributed by atoms with Gasteiger partial charge in [0, 0.05) is 30.3 Å². The molecule has 0 aliphatic rings. The number of sulfonamides is 1. The quantitative estimate of drug-likeness (QED) is 0.500. The van der Waals surface area contributed by atoms with Crippen LogP contribution in [0.25, 0.3) is 0 Å². The molecule has 3 rings (SSSR count). The zero-order valence-electron chi connectivity index (χ0n) is 17.7. The summed E-state index contributed by atoms with van der Waals surface area (Å²) in [5.74, 6) is 0.368. The van der Waals surface area contributed by atoms with E-state index in [1.807, 2.05) is 25.1 Å².